The highest BCUT2D eigenvalue weighted by Gasteiger charge is 2.06. The van der Waals surface area contributed by atoms with Crippen molar-refractivity contribution in [2.24, 2.45) is 0 Å². The minimum Gasteiger partial charge on any atom is -0.488 e. The van der Waals surface area contributed by atoms with E-state index in [1.54, 1.807) is 13.2 Å². The molecule has 0 spiro atoms. The molecule has 1 unspecified atom stereocenters. The number of aliphatic hydroxyl groups is 1. The molecule has 0 bridgehead atoms. The number of benzene rings is 1. The molecule has 0 aliphatic heterocycles. The Bertz CT molecular complexity index is 420. The maximum absolute atomic E-state index is 13.5. The van der Waals surface area contributed by atoms with Crippen molar-refractivity contribution in [3.63, 3.8) is 0 Å². The van der Waals surface area contributed by atoms with E-state index in [4.69, 9.17) is 14.6 Å². The van der Waals surface area contributed by atoms with Gasteiger partial charge in [0.05, 0.1) is 12.2 Å². The van der Waals surface area contributed by atoms with E-state index in [1.807, 2.05) is 6.92 Å². The van der Waals surface area contributed by atoms with Crippen LogP contribution in [-0.2, 0) is 4.74 Å². The molecule has 0 aliphatic carbocycles. The molecule has 0 saturated carbocycles. The zero-order valence-electron chi connectivity index (χ0n) is 9.87. The molecule has 0 heterocycles. The summed E-state index contributed by atoms with van der Waals surface area (Å²) in [4.78, 5) is 0. The standard InChI is InChI=1S/C13H15FO3/c1-10(9-16-2)17-12-6-5-11(4-3-7-15)13(14)8-12/h5-6,8,10,15H,7,9H2,1-2H3. The molecule has 1 aromatic carbocycles. The van der Waals surface area contributed by atoms with E-state index in [0.717, 1.165) is 0 Å². The molecule has 1 rings (SSSR count). The Morgan fingerprint density at radius 2 is 2.24 bits per heavy atom. The lowest BCUT2D eigenvalue weighted by atomic mass is 10.2. The van der Waals surface area contributed by atoms with E-state index in [9.17, 15) is 4.39 Å². The monoisotopic (exact) mass is 238 g/mol. The largest absolute Gasteiger partial charge is 0.488 e. The first-order valence-corrected chi connectivity index (χ1v) is 5.22. The van der Waals surface area contributed by atoms with Crippen LogP contribution in [-0.4, -0.2) is 31.5 Å². The Hall–Kier alpha value is -1.57. The Morgan fingerprint density at radius 1 is 1.47 bits per heavy atom. The molecule has 1 atom stereocenters. The van der Waals surface area contributed by atoms with E-state index in [-0.39, 0.29) is 18.3 Å². The maximum Gasteiger partial charge on any atom is 0.142 e. The van der Waals surface area contributed by atoms with Crippen LogP contribution in [0.4, 0.5) is 4.39 Å². The SMILES string of the molecule is COCC(C)Oc1ccc(C#CCO)c(F)c1. The highest BCUT2D eigenvalue weighted by atomic mass is 19.1. The minimum atomic E-state index is -0.465. The maximum atomic E-state index is 13.5. The molecule has 0 fully saturated rings. The van der Waals surface area contributed by atoms with Gasteiger partial charge in [0.1, 0.15) is 24.3 Å². The quantitative estimate of drug-likeness (QED) is 0.809. The van der Waals surface area contributed by atoms with Crippen molar-refractivity contribution in [2.45, 2.75) is 13.0 Å². The van der Waals surface area contributed by atoms with Gasteiger partial charge in [-0.05, 0) is 19.1 Å². The third kappa shape index (κ3) is 4.43. The first-order valence-electron chi connectivity index (χ1n) is 5.22. The van der Waals surface area contributed by atoms with E-state index in [0.29, 0.717) is 12.4 Å². The highest BCUT2D eigenvalue weighted by Crippen LogP contribution is 2.17. The molecule has 1 N–H and O–H groups in total. The fraction of sp³-hybridized carbons (Fsp3) is 0.385. The molecule has 0 aliphatic rings. The van der Waals surface area contributed by atoms with Gasteiger partial charge in [-0.25, -0.2) is 4.39 Å². The van der Waals surface area contributed by atoms with Gasteiger partial charge in [-0.1, -0.05) is 11.8 Å². The second-order valence-corrected chi connectivity index (χ2v) is 3.49. The minimum absolute atomic E-state index is 0.145. The van der Waals surface area contributed by atoms with Gasteiger partial charge in [0, 0.05) is 13.2 Å². The predicted octanol–water partition coefficient (Wildman–Crippen LogP) is 1.58. The van der Waals surface area contributed by atoms with Gasteiger partial charge in [0.25, 0.3) is 0 Å². The second-order valence-electron chi connectivity index (χ2n) is 3.49. The first kappa shape index (κ1) is 13.5. The summed E-state index contributed by atoms with van der Waals surface area (Å²) in [7, 11) is 1.58. The Kier molecular flexibility index (Phi) is 5.47. The molecule has 3 nitrogen and oxygen atoms in total. The van der Waals surface area contributed by atoms with E-state index >= 15 is 0 Å². The lowest BCUT2D eigenvalue weighted by Crippen LogP contribution is -2.17. The fourth-order valence-electron chi connectivity index (χ4n) is 1.31. The fourth-order valence-corrected chi connectivity index (χ4v) is 1.31. The summed E-state index contributed by atoms with van der Waals surface area (Å²) in [6.45, 7) is 1.98. The Labute approximate surface area is 100 Å². The second kappa shape index (κ2) is 6.89. The van der Waals surface area contributed by atoms with Crippen LogP contribution in [0.3, 0.4) is 0 Å². The normalized spacial score (nSPS) is 11.5. The van der Waals surface area contributed by atoms with Crippen molar-refractivity contribution in [2.75, 3.05) is 20.3 Å². The van der Waals surface area contributed by atoms with E-state index in [2.05, 4.69) is 11.8 Å². The van der Waals surface area contributed by atoms with Gasteiger partial charge in [-0.2, -0.15) is 0 Å². The lowest BCUT2D eigenvalue weighted by Gasteiger charge is -2.13. The van der Waals surface area contributed by atoms with Crippen molar-refractivity contribution in [1.82, 2.24) is 0 Å². The van der Waals surface area contributed by atoms with Crippen molar-refractivity contribution < 1.29 is 19.0 Å². The summed E-state index contributed by atoms with van der Waals surface area (Å²) in [5, 5.41) is 8.52. The smallest absolute Gasteiger partial charge is 0.142 e. The number of aliphatic hydroxyl groups excluding tert-OH is 1. The average Bonchev–Trinajstić information content (AvgIpc) is 2.28. The lowest BCUT2D eigenvalue weighted by molar-refractivity contribution is 0.0918. The summed E-state index contributed by atoms with van der Waals surface area (Å²) < 4.78 is 23.9. The average molecular weight is 238 g/mol. The number of ether oxygens (including phenoxy) is 2. The molecular weight excluding hydrogens is 223 g/mol. The first-order chi connectivity index (χ1) is 8.17. The molecule has 17 heavy (non-hydrogen) atoms. The van der Waals surface area contributed by atoms with Crippen molar-refractivity contribution >= 4 is 0 Å². The summed E-state index contributed by atoms with van der Waals surface area (Å²) in [5.41, 5.74) is 0.241. The van der Waals surface area contributed by atoms with Crippen molar-refractivity contribution in [3.05, 3.63) is 29.6 Å². The van der Waals surface area contributed by atoms with Gasteiger partial charge >= 0.3 is 0 Å². The molecule has 4 heteroatoms. The number of halogens is 1. The van der Waals surface area contributed by atoms with Crippen LogP contribution in [0.1, 0.15) is 12.5 Å². The molecule has 1 aromatic rings. The van der Waals surface area contributed by atoms with Gasteiger partial charge in [0.15, 0.2) is 0 Å². The number of methoxy groups -OCH3 is 1. The van der Waals surface area contributed by atoms with E-state index in [1.165, 1.54) is 12.1 Å². The van der Waals surface area contributed by atoms with Crippen LogP contribution < -0.4 is 4.74 Å². The molecule has 0 aromatic heterocycles. The van der Waals surface area contributed by atoms with Crippen LogP contribution in [0.5, 0.6) is 5.75 Å². The summed E-state index contributed by atoms with van der Waals surface area (Å²) in [6, 6.07) is 4.43. The van der Waals surface area contributed by atoms with Gasteiger partial charge in [-0.15, -0.1) is 0 Å². The molecule has 0 amide bonds. The number of hydrogen-bond donors (Lipinski definition) is 1. The molecular formula is C13H15FO3. The highest BCUT2D eigenvalue weighted by molar-refractivity contribution is 5.39. The van der Waals surface area contributed by atoms with Crippen molar-refractivity contribution in [1.29, 1.82) is 0 Å². The van der Waals surface area contributed by atoms with Crippen molar-refractivity contribution in [3.8, 4) is 17.6 Å². The summed E-state index contributed by atoms with van der Waals surface area (Å²) in [5.74, 6) is 4.87. The Balaban J connectivity index is 2.75. The zero-order valence-corrected chi connectivity index (χ0v) is 9.87. The van der Waals surface area contributed by atoms with E-state index < -0.39 is 5.82 Å². The zero-order chi connectivity index (χ0) is 12.7. The predicted molar refractivity (Wildman–Crippen MR) is 62.3 cm³/mol. The summed E-state index contributed by atoms with van der Waals surface area (Å²) >= 11 is 0. The van der Waals surface area contributed by atoms with Crippen LogP contribution >= 0.6 is 0 Å². The van der Waals surface area contributed by atoms with Gasteiger partial charge in [-0.3, -0.25) is 0 Å². The van der Waals surface area contributed by atoms with Crippen LogP contribution in [0, 0.1) is 17.7 Å². The number of rotatable bonds is 4. The third-order valence-electron chi connectivity index (χ3n) is 1.98. The summed E-state index contributed by atoms with van der Waals surface area (Å²) in [6.07, 6.45) is -0.145. The third-order valence-corrected chi connectivity index (χ3v) is 1.98. The van der Waals surface area contributed by atoms with Crippen LogP contribution in [0.15, 0.2) is 18.2 Å². The molecule has 0 radical (unpaired) electrons. The number of hydrogen-bond acceptors (Lipinski definition) is 3. The van der Waals surface area contributed by atoms with Gasteiger partial charge < -0.3 is 14.6 Å². The van der Waals surface area contributed by atoms with Crippen LogP contribution in [0.25, 0.3) is 0 Å². The Morgan fingerprint density at radius 3 is 2.82 bits per heavy atom. The van der Waals surface area contributed by atoms with Crippen LogP contribution in [0.2, 0.25) is 0 Å². The molecule has 92 valence electrons. The van der Waals surface area contributed by atoms with Gasteiger partial charge in [0.2, 0.25) is 0 Å². The topological polar surface area (TPSA) is 38.7 Å². The molecule has 0 saturated heterocycles.